The van der Waals surface area contributed by atoms with Crippen molar-refractivity contribution in [1.82, 2.24) is 0 Å². The van der Waals surface area contributed by atoms with Crippen molar-refractivity contribution in [3.8, 4) is 0 Å². The number of nitrogen functional groups attached to an aromatic ring is 1. The molecule has 0 bridgehead atoms. The first-order chi connectivity index (χ1) is 9.65. The number of amides is 1. The van der Waals surface area contributed by atoms with E-state index in [2.05, 4.69) is 21.2 Å². The van der Waals surface area contributed by atoms with Crippen LogP contribution in [0.3, 0.4) is 0 Å². The van der Waals surface area contributed by atoms with Crippen molar-refractivity contribution in [2.45, 2.75) is 25.7 Å². The summed E-state index contributed by atoms with van der Waals surface area (Å²) in [5.41, 5.74) is 8.68. The zero-order valence-electron chi connectivity index (χ0n) is 10.9. The van der Waals surface area contributed by atoms with Crippen molar-refractivity contribution in [1.29, 1.82) is 0 Å². The minimum atomic E-state index is -0.0933. The van der Waals surface area contributed by atoms with Crippen LogP contribution in [0.5, 0.6) is 0 Å². The summed E-state index contributed by atoms with van der Waals surface area (Å²) >= 11 is 4.95. The maximum absolute atomic E-state index is 12.5. The Morgan fingerprint density at radius 2 is 1.90 bits per heavy atom. The van der Waals surface area contributed by atoms with Crippen LogP contribution < -0.4 is 11.1 Å². The molecule has 1 heterocycles. The second-order valence-corrected chi connectivity index (χ2v) is 6.96. The minimum absolute atomic E-state index is 0.0933. The van der Waals surface area contributed by atoms with E-state index in [1.165, 1.54) is 11.3 Å². The maximum Gasteiger partial charge on any atom is 0.258 e. The molecule has 1 amide bonds. The third-order valence-corrected chi connectivity index (χ3v) is 5.18. The Morgan fingerprint density at radius 1 is 1.20 bits per heavy atom. The predicted octanol–water partition coefficient (Wildman–Crippen LogP) is 4.22. The number of carbonyl (C=O) groups is 1. The highest BCUT2D eigenvalue weighted by Gasteiger charge is 2.23. The molecule has 0 unspecified atom stereocenters. The Labute approximate surface area is 130 Å². The first-order valence-electron chi connectivity index (χ1n) is 6.62. The van der Waals surface area contributed by atoms with Crippen molar-refractivity contribution in [3.05, 3.63) is 44.7 Å². The van der Waals surface area contributed by atoms with Crippen LogP contribution in [0.15, 0.2) is 28.7 Å². The number of rotatable bonds is 2. The van der Waals surface area contributed by atoms with Crippen LogP contribution in [0, 0.1) is 0 Å². The van der Waals surface area contributed by atoms with Crippen molar-refractivity contribution >= 4 is 43.9 Å². The number of hydrogen-bond acceptors (Lipinski definition) is 3. The van der Waals surface area contributed by atoms with Crippen molar-refractivity contribution in [3.63, 3.8) is 0 Å². The van der Waals surface area contributed by atoms with E-state index < -0.39 is 0 Å². The smallest absolute Gasteiger partial charge is 0.258 e. The van der Waals surface area contributed by atoms with Crippen LogP contribution in [0.4, 0.5) is 10.7 Å². The monoisotopic (exact) mass is 350 g/mol. The van der Waals surface area contributed by atoms with E-state index in [9.17, 15) is 4.79 Å². The van der Waals surface area contributed by atoms with E-state index in [4.69, 9.17) is 5.73 Å². The Morgan fingerprint density at radius 3 is 2.65 bits per heavy atom. The summed E-state index contributed by atoms with van der Waals surface area (Å²) in [4.78, 5) is 13.7. The van der Waals surface area contributed by atoms with Gasteiger partial charge in [-0.2, -0.15) is 0 Å². The second-order valence-electron chi connectivity index (χ2n) is 4.91. The van der Waals surface area contributed by atoms with Crippen LogP contribution in [0.2, 0.25) is 0 Å². The molecule has 3 N–H and O–H groups in total. The molecule has 5 heteroatoms. The minimum Gasteiger partial charge on any atom is -0.390 e. The van der Waals surface area contributed by atoms with Gasteiger partial charge in [0, 0.05) is 15.0 Å². The lowest BCUT2D eigenvalue weighted by atomic mass is 9.95. The summed E-state index contributed by atoms with van der Waals surface area (Å²) in [7, 11) is 0. The number of benzene rings is 1. The van der Waals surface area contributed by atoms with E-state index in [-0.39, 0.29) is 5.91 Å². The molecular formula is C15H15BrN2OS. The number of aryl methyl sites for hydroxylation is 1. The molecule has 1 aliphatic rings. The molecule has 0 radical (unpaired) electrons. The van der Waals surface area contributed by atoms with E-state index in [1.807, 2.05) is 24.3 Å². The van der Waals surface area contributed by atoms with Gasteiger partial charge in [0.1, 0.15) is 0 Å². The van der Waals surface area contributed by atoms with E-state index >= 15 is 0 Å². The van der Waals surface area contributed by atoms with E-state index in [1.54, 1.807) is 11.3 Å². The van der Waals surface area contributed by atoms with E-state index in [0.717, 1.165) is 35.0 Å². The number of thiophene rings is 1. The SMILES string of the molecule is Nc1sc2c(c1C(=O)Nc1ccc(Br)cc1)CCCC2. The summed E-state index contributed by atoms with van der Waals surface area (Å²) in [6.07, 6.45) is 4.35. The second kappa shape index (κ2) is 5.58. The standard InChI is InChI=1S/C15H15BrN2OS/c16-9-5-7-10(8-6-9)18-15(19)13-11-3-1-2-4-12(11)20-14(13)17/h5-8H,1-4,17H2,(H,18,19). The molecule has 104 valence electrons. The average molecular weight is 351 g/mol. The molecule has 1 aromatic carbocycles. The number of nitrogens with two attached hydrogens (primary N) is 1. The lowest BCUT2D eigenvalue weighted by Gasteiger charge is -2.12. The highest BCUT2D eigenvalue weighted by Crippen LogP contribution is 2.36. The van der Waals surface area contributed by atoms with E-state index in [0.29, 0.717) is 10.6 Å². The normalized spacial score (nSPS) is 13.8. The Balaban J connectivity index is 1.87. The first-order valence-corrected chi connectivity index (χ1v) is 8.23. The molecule has 0 atom stereocenters. The highest BCUT2D eigenvalue weighted by molar-refractivity contribution is 9.10. The lowest BCUT2D eigenvalue weighted by Crippen LogP contribution is -2.15. The van der Waals surface area contributed by atoms with Gasteiger partial charge in [-0.3, -0.25) is 4.79 Å². The summed E-state index contributed by atoms with van der Waals surface area (Å²) in [5, 5.41) is 3.57. The third-order valence-electron chi connectivity index (χ3n) is 3.53. The van der Waals surface area contributed by atoms with Crippen molar-refractivity contribution in [2.75, 3.05) is 11.1 Å². The number of hydrogen-bond donors (Lipinski definition) is 2. The van der Waals surface area contributed by atoms with Gasteiger partial charge in [-0.15, -0.1) is 11.3 Å². The summed E-state index contributed by atoms with van der Waals surface area (Å²) in [5.74, 6) is -0.0933. The maximum atomic E-state index is 12.5. The molecule has 20 heavy (non-hydrogen) atoms. The zero-order valence-corrected chi connectivity index (χ0v) is 13.3. The summed E-state index contributed by atoms with van der Waals surface area (Å²) < 4.78 is 0.989. The van der Waals surface area contributed by atoms with Crippen LogP contribution in [-0.2, 0) is 12.8 Å². The molecule has 2 aromatic rings. The van der Waals surface area contributed by atoms with Gasteiger partial charge in [0.25, 0.3) is 5.91 Å². The Bertz CT molecular complexity index is 649. The topological polar surface area (TPSA) is 55.1 Å². The first kappa shape index (κ1) is 13.6. The quantitative estimate of drug-likeness (QED) is 0.851. The third kappa shape index (κ3) is 2.60. The van der Waals surface area contributed by atoms with Crippen molar-refractivity contribution in [2.24, 2.45) is 0 Å². The van der Waals surface area contributed by atoms with Gasteiger partial charge >= 0.3 is 0 Å². The molecule has 3 nitrogen and oxygen atoms in total. The Kier molecular flexibility index (Phi) is 3.81. The predicted molar refractivity (Wildman–Crippen MR) is 87.5 cm³/mol. The number of carbonyl (C=O) groups excluding carboxylic acids is 1. The van der Waals surface area contributed by atoms with Crippen LogP contribution in [-0.4, -0.2) is 5.91 Å². The van der Waals surface area contributed by atoms with Gasteiger partial charge in [0.05, 0.1) is 10.6 Å². The molecule has 1 aliphatic carbocycles. The number of halogens is 1. The molecule has 3 rings (SSSR count). The van der Waals surface area contributed by atoms with Gasteiger partial charge in [0.2, 0.25) is 0 Å². The van der Waals surface area contributed by atoms with Gasteiger partial charge in [-0.1, -0.05) is 15.9 Å². The van der Waals surface area contributed by atoms with Crippen molar-refractivity contribution < 1.29 is 4.79 Å². The lowest BCUT2D eigenvalue weighted by molar-refractivity contribution is 0.102. The number of nitrogens with one attached hydrogen (secondary N) is 1. The molecule has 0 aliphatic heterocycles. The highest BCUT2D eigenvalue weighted by atomic mass is 79.9. The molecule has 0 spiro atoms. The van der Waals surface area contributed by atoms with Crippen LogP contribution in [0.25, 0.3) is 0 Å². The van der Waals surface area contributed by atoms with Gasteiger partial charge in [0.15, 0.2) is 0 Å². The van der Waals surface area contributed by atoms with Gasteiger partial charge in [-0.05, 0) is 55.5 Å². The molecule has 1 aromatic heterocycles. The fourth-order valence-corrected chi connectivity index (χ4v) is 3.98. The summed E-state index contributed by atoms with van der Waals surface area (Å²) in [6.45, 7) is 0. The average Bonchev–Trinajstić information content (AvgIpc) is 2.77. The fraction of sp³-hybridized carbons (Fsp3) is 0.267. The number of anilines is 2. The largest absolute Gasteiger partial charge is 0.390 e. The summed E-state index contributed by atoms with van der Waals surface area (Å²) in [6, 6.07) is 7.55. The van der Waals surface area contributed by atoms with Gasteiger partial charge in [-0.25, -0.2) is 0 Å². The molecular weight excluding hydrogens is 336 g/mol. The molecule has 0 saturated carbocycles. The molecule has 0 fully saturated rings. The van der Waals surface area contributed by atoms with Gasteiger partial charge < -0.3 is 11.1 Å². The van der Waals surface area contributed by atoms with Crippen LogP contribution >= 0.6 is 27.3 Å². The molecule has 0 saturated heterocycles. The van der Waals surface area contributed by atoms with Crippen LogP contribution in [0.1, 0.15) is 33.6 Å². The zero-order chi connectivity index (χ0) is 14.1. The number of fused-ring (bicyclic) bond motifs is 1. The Hall–Kier alpha value is -1.33. The fourth-order valence-electron chi connectivity index (χ4n) is 2.56.